The standard InChI is InChI=1S/C10H8O15S5/c11-26(12,13)5-1-2-6(27(14,15)16)8-4(5)3-7(28(17,18)19)9(29(20,21)22)10(8)30(23,24)25/h1-3H,(H,11,12,13)(H,14,15,16)(H,17,18,19)(H,20,21,22)(H,23,24,25). The molecule has 0 saturated heterocycles. The second-order valence-electron chi connectivity index (χ2n) is 5.39. The molecule has 0 unspecified atom stereocenters. The zero-order chi connectivity index (χ0) is 23.7. The van der Waals surface area contributed by atoms with Crippen LogP contribution >= 0.6 is 0 Å². The SMILES string of the molecule is O=S(=O)(O)c1cc2c(S(=O)(=O)O)ccc(S(=O)(=O)O)c2c(S(=O)(=O)O)c1S(=O)(=O)O. The number of benzene rings is 2. The van der Waals surface area contributed by atoms with E-state index in [0.29, 0.717) is 0 Å². The Morgan fingerprint density at radius 2 is 0.833 bits per heavy atom. The van der Waals surface area contributed by atoms with Gasteiger partial charge in [-0.15, -0.1) is 0 Å². The molecule has 0 saturated carbocycles. The molecule has 20 heteroatoms. The predicted octanol–water partition coefficient (Wildman–Crippen LogP) is -0.927. The van der Waals surface area contributed by atoms with Crippen LogP contribution in [0.1, 0.15) is 0 Å². The van der Waals surface area contributed by atoms with Crippen LogP contribution in [-0.2, 0) is 50.6 Å². The smallest absolute Gasteiger partial charge is 0.282 e. The summed E-state index contributed by atoms with van der Waals surface area (Å²) in [5.41, 5.74) is 0. The third-order valence-corrected chi connectivity index (χ3v) is 8.26. The molecule has 0 atom stereocenters. The third-order valence-electron chi connectivity index (χ3n) is 3.45. The van der Waals surface area contributed by atoms with Gasteiger partial charge in [-0.05, 0) is 18.2 Å². The number of rotatable bonds is 5. The van der Waals surface area contributed by atoms with Gasteiger partial charge in [-0.1, -0.05) is 0 Å². The first-order valence-electron chi connectivity index (χ1n) is 6.59. The summed E-state index contributed by atoms with van der Waals surface area (Å²) < 4.78 is 163. The van der Waals surface area contributed by atoms with Gasteiger partial charge >= 0.3 is 0 Å². The highest BCUT2D eigenvalue weighted by atomic mass is 32.2. The van der Waals surface area contributed by atoms with Gasteiger partial charge in [0.15, 0.2) is 0 Å². The summed E-state index contributed by atoms with van der Waals surface area (Å²) in [6, 6.07) is 0.325. The summed E-state index contributed by atoms with van der Waals surface area (Å²) >= 11 is 0. The Labute approximate surface area is 168 Å². The molecule has 0 spiro atoms. The maximum Gasteiger partial charge on any atom is 0.297 e. The molecule has 0 aromatic heterocycles. The van der Waals surface area contributed by atoms with E-state index in [4.69, 9.17) is 0 Å². The van der Waals surface area contributed by atoms with E-state index in [9.17, 15) is 64.9 Å². The van der Waals surface area contributed by atoms with Gasteiger partial charge in [0, 0.05) is 10.8 Å². The van der Waals surface area contributed by atoms with Gasteiger partial charge in [0.1, 0.15) is 24.5 Å². The molecule has 2 rings (SSSR count). The van der Waals surface area contributed by atoms with Crippen LogP contribution in [0.2, 0.25) is 0 Å². The highest BCUT2D eigenvalue weighted by Crippen LogP contribution is 2.40. The van der Waals surface area contributed by atoms with Crippen LogP contribution in [0.5, 0.6) is 0 Å². The van der Waals surface area contributed by atoms with E-state index in [1.54, 1.807) is 0 Å². The minimum atomic E-state index is -6.04. The Bertz CT molecular complexity index is 1630. The van der Waals surface area contributed by atoms with Gasteiger partial charge in [0.05, 0.1) is 0 Å². The van der Waals surface area contributed by atoms with Crippen molar-refractivity contribution in [1.29, 1.82) is 0 Å². The normalized spacial score (nSPS) is 14.2. The van der Waals surface area contributed by atoms with E-state index in [1.807, 2.05) is 0 Å². The first kappa shape index (κ1) is 24.5. The zero-order valence-corrected chi connectivity index (χ0v) is 17.7. The average molecular weight is 528 g/mol. The molecule has 0 heterocycles. The highest BCUT2D eigenvalue weighted by Gasteiger charge is 2.38. The highest BCUT2D eigenvalue weighted by molar-refractivity contribution is 7.91. The third kappa shape index (κ3) is 4.46. The second-order valence-corrected chi connectivity index (χ2v) is 12.3. The molecular formula is C10H8O15S5. The maximum absolute atomic E-state index is 11.8. The molecule has 0 aliphatic heterocycles. The molecule has 2 aromatic carbocycles. The van der Waals surface area contributed by atoms with E-state index in [2.05, 4.69) is 0 Å². The summed E-state index contributed by atoms with van der Waals surface area (Å²) in [5, 5.41) is -3.00. The predicted molar refractivity (Wildman–Crippen MR) is 93.0 cm³/mol. The van der Waals surface area contributed by atoms with Gasteiger partial charge in [0.25, 0.3) is 50.6 Å². The van der Waals surface area contributed by atoms with E-state index in [-0.39, 0.29) is 18.2 Å². The monoisotopic (exact) mass is 528 g/mol. The zero-order valence-electron chi connectivity index (χ0n) is 13.6. The topological polar surface area (TPSA) is 272 Å². The van der Waals surface area contributed by atoms with Gasteiger partial charge in [-0.3, -0.25) is 22.8 Å². The summed E-state index contributed by atoms with van der Waals surface area (Å²) in [4.78, 5) is -9.45. The number of hydrogen-bond acceptors (Lipinski definition) is 10. The van der Waals surface area contributed by atoms with Gasteiger partial charge in [0.2, 0.25) is 0 Å². The van der Waals surface area contributed by atoms with Crippen molar-refractivity contribution in [3.05, 3.63) is 18.2 Å². The molecular weight excluding hydrogens is 520 g/mol. The lowest BCUT2D eigenvalue weighted by Gasteiger charge is -2.16. The number of fused-ring (bicyclic) bond motifs is 1. The molecule has 0 fully saturated rings. The van der Waals surface area contributed by atoms with Crippen molar-refractivity contribution in [3.8, 4) is 0 Å². The van der Waals surface area contributed by atoms with Crippen molar-refractivity contribution in [3.63, 3.8) is 0 Å². The quantitative estimate of drug-likeness (QED) is 0.293. The maximum atomic E-state index is 11.8. The fourth-order valence-electron chi connectivity index (χ4n) is 2.50. The summed E-state index contributed by atoms with van der Waals surface area (Å²) in [5.74, 6) is 0. The Morgan fingerprint density at radius 3 is 1.17 bits per heavy atom. The lowest BCUT2D eigenvalue weighted by Crippen LogP contribution is -2.17. The molecule has 0 aliphatic rings. The van der Waals surface area contributed by atoms with E-state index in [1.165, 1.54) is 0 Å². The molecule has 30 heavy (non-hydrogen) atoms. The van der Waals surface area contributed by atoms with Crippen LogP contribution in [0.4, 0.5) is 0 Å². The lowest BCUT2D eigenvalue weighted by atomic mass is 10.1. The molecule has 0 amide bonds. The molecule has 15 nitrogen and oxygen atoms in total. The van der Waals surface area contributed by atoms with Crippen LogP contribution < -0.4 is 0 Å². The van der Waals surface area contributed by atoms with E-state index < -0.39 is 85.8 Å². The lowest BCUT2D eigenvalue weighted by molar-refractivity contribution is 0.456. The van der Waals surface area contributed by atoms with Crippen LogP contribution in [0.3, 0.4) is 0 Å². The van der Waals surface area contributed by atoms with Crippen molar-refractivity contribution in [2.24, 2.45) is 0 Å². The van der Waals surface area contributed by atoms with Crippen LogP contribution in [0.25, 0.3) is 10.8 Å². The van der Waals surface area contributed by atoms with Crippen molar-refractivity contribution in [1.82, 2.24) is 0 Å². The molecule has 0 bridgehead atoms. The molecule has 2 aromatic rings. The summed E-state index contributed by atoms with van der Waals surface area (Å²) in [6.07, 6.45) is 0. The first-order valence-corrected chi connectivity index (χ1v) is 13.8. The Balaban J connectivity index is 3.68. The van der Waals surface area contributed by atoms with Crippen molar-refractivity contribution in [2.45, 2.75) is 24.5 Å². The fourth-order valence-corrected chi connectivity index (χ4v) is 7.36. The Morgan fingerprint density at radius 1 is 0.467 bits per heavy atom. The van der Waals surface area contributed by atoms with E-state index >= 15 is 0 Å². The summed E-state index contributed by atoms with van der Waals surface area (Å²) in [6.45, 7) is 0. The molecule has 0 radical (unpaired) electrons. The Hall–Kier alpha value is -1.75. The van der Waals surface area contributed by atoms with Gasteiger partial charge in [-0.2, -0.15) is 42.1 Å². The van der Waals surface area contributed by atoms with E-state index in [0.717, 1.165) is 0 Å². The molecule has 5 N–H and O–H groups in total. The largest absolute Gasteiger partial charge is 0.297 e. The van der Waals surface area contributed by atoms with Crippen molar-refractivity contribution in [2.75, 3.05) is 0 Å². The fraction of sp³-hybridized carbons (Fsp3) is 0. The molecule has 168 valence electrons. The van der Waals surface area contributed by atoms with Crippen molar-refractivity contribution < 1.29 is 64.9 Å². The first-order chi connectivity index (χ1) is 13.1. The summed E-state index contributed by atoms with van der Waals surface area (Å²) in [7, 11) is -28.8. The van der Waals surface area contributed by atoms with Gasteiger partial charge < -0.3 is 0 Å². The van der Waals surface area contributed by atoms with Crippen molar-refractivity contribution >= 4 is 61.4 Å². The van der Waals surface area contributed by atoms with Crippen LogP contribution in [-0.4, -0.2) is 64.9 Å². The van der Waals surface area contributed by atoms with Crippen LogP contribution in [0, 0.1) is 0 Å². The van der Waals surface area contributed by atoms with Gasteiger partial charge in [-0.25, -0.2) is 0 Å². The van der Waals surface area contributed by atoms with Crippen LogP contribution in [0.15, 0.2) is 42.7 Å². The average Bonchev–Trinajstić information content (AvgIpc) is 2.46. The Kier molecular flexibility index (Phi) is 5.62. The minimum absolute atomic E-state index is 0.111. The number of hydrogen-bond donors (Lipinski definition) is 5. The second kappa shape index (κ2) is 6.88. The minimum Gasteiger partial charge on any atom is -0.282 e. The molecule has 0 aliphatic carbocycles.